The maximum atomic E-state index is 2.59. The second kappa shape index (κ2) is 4.65. The van der Waals surface area contributed by atoms with E-state index in [0.717, 1.165) is 9.84 Å². The van der Waals surface area contributed by atoms with Crippen molar-refractivity contribution in [2.45, 2.75) is 30.6 Å². The van der Waals surface area contributed by atoms with E-state index in [0.29, 0.717) is 0 Å². The van der Waals surface area contributed by atoms with Crippen LogP contribution >= 0.6 is 22.6 Å². The largest absolute Gasteiger partial charge is 0.302 e. The number of hydrogen-bond donors (Lipinski definition) is 0. The lowest BCUT2D eigenvalue weighted by Crippen LogP contribution is -2.22. The molecule has 0 aromatic carbocycles. The molecule has 11 heavy (non-hydrogen) atoms. The average Bonchev–Trinajstić information content (AvgIpc) is 2.31. The summed E-state index contributed by atoms with van der Waals surface area (Å²) in [5, 5.41) is 0. The third-order valence-corrected chi connectivity index (χ3v) is 3.25. The Hall–Kier alpha value is 0.690. The van der Waals surface area contributed by atoms with Crippen molar-refractivity contribution in [3.05, 3.63) is 0 Å². The minimum absolute atomic E-state index is 0.864. The van der Waals surface area contributed by atoms with Crippen LogP contribution in [0.15, 0.2) is 0 Å². The smallest absolute Gasteiger partial charge is 0.0249 e. The van der Waals surface area contributed by atoms with E-state index in [1.807, 2.05) is 0 Å². The van der Waals surface area contributed by atoms with Crippen LogP contribution in [0.4, 0.5) is 0 Å². The first-order valence-corrected chi connectivity index (χ1v) is 5.79. The molecule has 1 saturated heterocycles. The summed E-state index contributed by atoms with van der Waals surface area (Å²) in [4.78, 5) is 2.59. The van der Waals surface area contributed by atoms with E-state index in [1.54, 1.807) is 0 Å². The molecule has 0 aromatic rings. The molecule has 1 rings (SSSR count). The topological polar surface area (TPSA) is 3.24 Å². The summed E-state index contributed by atoms with van der Waals surface area (Å²) in [6, 6.07) is 0. The van der Waals surface area contributed by atoms with Crippen LogP contribution in [0.3, 0.4) is 0 Å². The van der Waals surface area contributed by atoms with Crippen LogP contribution in [-0.2, 0) is 0 Å². The number of hydrogen-bond acceptors (Lipinski definition) is 1. The van der Waals surface area contributed by atoms with Crippen LogP contribution in [0.5, 0.6) is 0 Å². The molecule has 66 valence electrons. The zero-order valence-corrected chi connectivity index (χ0v) is 9.67. The molecule has 0 saturated carbocycles. The van der Waals surface area contributed by atoms with Crippen LogP contribution < -0.4 is 0 Å². The van der Waals surface area contributed by atoms with E-state index in [-0.39, 0.29) is 0 Å². The van der Waals surface area contributed by atoms with Gasteiger partial charge in [-0.3, -0.25) is 0 Å². The Morgan fingerprint density at radius 3 is 2.73 bits per heavy atom. The standard InChI is InChI=1S/C9H18IN/c1-8(2)3-5-11-6-4-9(10)7-11/h8-9H,3-7H2,1-2H3. The van der Waals surface area contributed by atoms with E-state index in [9.17, 15) is 0 Å². The fraction of sp³-hybridized carbons (Fsp3) is 1.00. The average molecular weight is 267 g/mol. The Morgan fingerprint density at radius 1 is 1.55 bits per heavy atom. The normalized spacial score (nSPS) is 26.7. The van der Waals surface area contributed by atoms with Crippen molar-refractivity contribution in [1.82, 2.24) is 4.90 Å². The molecule has 1 atom stereocenters. The van der Waals surface area contributed by atoms with Crippen molar-refractivity contribution in [2.24, 2.45) is 5.92 Å². The number of alkyl halides is 1. The third-order valence-electron chi connectivity index (χ3n) is 2.24. The van der Waals surface area contributed by atoms with E-state index in [1.165, 1.54) is 32.5 Å². The highest BCUT2D eigenvalue weighted by Gasteiger charge is 2.18. The minimum atomic E-state index is 0.864. The van der Waals surface area contributed by atoms with Gasteiger partial charge in [-0.1, -0.05) is 36.4 Å². The summed E-state index contributed by atoms with van der Waals surface area (Å²) in [5.41, 5.74) is 0. The second-order valence-electron chi connectivity index (χ2n) is 3.87. The van der Waals surface area contributed by atoms with E-state index in [2.05, 4.69) is 41.3 Å². The van der Waals surface area contributed by atoms with Gasteiger partial charge in [-0.15, -0.1) is 0 Å². The Morgan fingerprint density at radius 2 is 2.27 bits per heavy atom. The summed E-state index contributed by atoms with van der Waals surface area (Å²) in [7, 11) is 0. The van der Waals surface area contributed by atoms with Gasteiger partial charge in [0, 0.05) is 10.5 Å². The zero-order valence-electron chi connectivity index (χ0n) is 7.52. The molecule has 2 heteroatoms. The maximum Gasteiger partial charge on any atom is 0.0249 e. The van der Waals surface area contributed by atoms with E-state index < -0.39 is 0 Å². The number of likely N-dealkylation sites (tertiary alicyclic amines) is 1. The zero-order chi connectivity index (χ0) is 8.27. The van der Waals surface area contributed by atoms with E-state index in [4.69, 9.17) is 0 Å². The maximum absolute atomic E-state index is 2.59. The lowest BCUT2D eigenvalue weighted by molar-refractivity contribution is 0.315. The van der Waals surface area contributed by atoms with Crippen LogP contribution in [0, 0.1) is 5.92 Å². The molecule has 0 aromatic heterocycles. The molecule has 1 aliphatic rings. The minimum Gasteiger partial charge on any atom is -0.302 e. The summed E-state index contributed by atoms with van der Waals surface area (Å²) in [6.45, 7) is 8.58. The van der Waals surface area contributed by atoms with Gasteiger partial charge in [0.1, 0.15) is 0 Å². The molecular weight excluding hydrogens is 249 g/mol. The molecule has 1 nitrogen and oxygen atoms in total. The fourth-order valence-electron chi connectivity index (χ4n) is 1.43. The first-order valence-electron chi connectivity index (χ1n) is 4.55. The molecule has 1 unspecified atom stereocenters. The van der Waals surface area contributed by atoms with Crippen molar-refractivity contribution in [3.8, 4) is 0 Å². The Bertz CT molecular complexity index is 114. The summed E-state index contributed by atoms with van der Waals surface area (Å²) < 4.78 is 0.916. The van der Waals surface area contributed by atoms with E-state index >= 15 is 0 Å². The van der Waals surface area contributed by atoms with Crippen molar-refractivity contribution in [2.75, 3.05) is 19.6 Å². The third kappa shape index (κ3) is 3.74. The summed E-state index contributed by atoms with van der Waals surface area (Å²) >= 11 is 2.56. The molecule has 0 radical (unpaired) electrons. The highest BCUT2D eigenvalue weighted by atomic mass is 127. The first kappa shape index (κ1) is 9.78. The molecule has 1 aliphatic heterocycles. The van der Waals surface area contributed by atoms with Crippen molar-refractivity contribution < 1.29 is 0 Å². The molecule has 0 amide bonds. The lowest BCUT2D eigenvalue weighted by atomic mass is 10.1. The molecule has 1 heterocycles. The van der Waals surface area contributed by atoms with Gasteiger partial charge < -0.3 is 4.90 Å². The molecule has 0 spiro atoms. The summed E-state index contributed by atoms with van der Waals surface area (Å²) in [5.74, 6) is 0.864. The van der Waals surface area contributed by atoms with Gasteiger partial charge in [-0.2, -0.15) is 0 Å². The van der Waals surface area contributed by atoms with Gasteiger partial charge in [0.25, 0.3) is 0 Å². The van der Waals surface area contributed by atoms with Gasteiger partial charge in [0.2, 0.25) is 0 Å². The number of rotatable bonds is 3. The monoisotopic (exact) mass is 267 g/mol. The Balaban J connectivity index is 2.08. The Kier molecular flexibility index (Phi) is 4.13. The molecule has 0 aliphatic carbocycles. The predicted molar refractivity (Wildman–Crippen MR) is 58.3 cm³/mol. The quantitative estimate of drug-likeness (QED) is 0.561. The van der Waals surface area contributed by atoms with Crippen molar-refractivity contribution in [3.63, 3.8) is 0 Å². The predicted octanol–water partition coefficient (Wildman–Crippen LogP) is 2.54. The highest BCUT2D eigenvalue weighted by molar-refractivity contribution is 14.1. The first-order chi connectivity index (χ1) is 5.18. The van der Waals surface area contributed by atoms with Gasteiger partial charge >= 0.3 is 0 Å². The molecular formula is C9H18IN. The molecule has 0 bridgehead atoms. The van der Waals surface area contributed by atoms with Crippen LogP contribution in [0.1, 0.15) is 26.7 Å². The van der Waals surface area contributed by atoms with Crippen molar-refractivity contribution in [1.29, 1.82) is 0 Å². The van der Waals surface area contributed by atoms with Gasteiger partial charge in [0.15, 0.2) is 0 Å². The summed E-state index contributed by atoms with van der Waals surface area (Å²) in [6.07, 6.45) is 2.77. The van der Waals surface area contributed by atoms with Gasteiger partial charge in [-0.05, 0) is 31.8 Å². The van der Waals surface area contributed by atoms with Crippen LogP contribution in [0.25, 0.3) is 0 Å². The molecule has 0 N–H and O–H groups in total. The second-order valence-corrected chi connectivity index (χ2v) is 5.63. The Labute approximate surface area is 83.7 Å². The van der Waals surface area contributed by atoms with Gasteiger partial charge in [-0.25, -0.2) is 0 Å². The number of halogens is 1. The lowest BCUT2D eigenvalue weighted by Gasteiger charge is -2.15. The fourth-order valence-corrected chi connectivity index (χ4v) is 2.26. The van der Waals surface area contributed by atoms with Crippen LogP contribution in [-0.4, -0.2) is 28.5 Å². The van der Waals surface area contributed by atoms with Crippen LogP contribution in [0.2, 0.25) is 0 Å². The highest BCUT2D eigenvalue weighted by Crippen LogP contribution is 2.17. The SMILES string of the molecule is CC(C)CCN1CCC(I)C1. The van der Waals surface area contributed by atoms with Crippen molar-refractivity contribution >= 4 is 22.6 Å². The molecule has 1 fully saturated rings. The number of nitrogens with zero attached hydrogens (tertiary/aromatic N) is 1. The van der Waals surface area contributed by atoms with Gasteiger partial charge in [0.05, 0.1) is 0 Å².